The largest absolute Gasteiger partial charge is 0.351 e. The minimum Gasteiger partial charge on any atom is -0.351 e. The molecule has 26 heavy (non-hydrogen) atoms. The van der Waals surface area contributed by atoms with Gasteiger partial charge in [-0.2, -0.15) is 4.98 Å². The predicted octanol–water partition coefficient (Wildman–Crippen LogP) is 4.78. The molecule has 0 unspecified atom stereocenters. The van der Waals surface area contributed by atoms with Crippen LogP contribution < -0.4 is 10.6 Å². The zero-order valence-corrected chi connectivity index (χ0v) is 15.4. The topological polar surface area (TPSA) is 62.7 Å². The van der Waals surface area contributed by atoms with Crippen molar-refractivity contribution in [1.82, 2.24) is 15.0 Å². The average Bonchev–Trinajstić information content (AvgIpc) is 3.43. The molecule has 3 aromatic rings. The van der Waals surface area contributed by atoms with Crippen LogP contribution in [0.2, 0.25) is 0 Å². The molecule has 1 aliphatic rings. The normalized spacial score (nSPS) is 13.5. The first-order valence-electron chi connectivity index (χ1n) is 8.99. The molecule has 2 heterocycles. The summed E-state index contributed by atoms with van der Waals surface area (Å²) in [6, 6.07) is 10.8. The Morgan fingerprint density at radius 3 is 2.27 bits per heavy atom. The standard InChI is InChI=1S/C21H23N5/c1-13-10-14(2)20(15(3)11-13)25-19-12-18(16-6-8-22-9-7-16)24-21(26-19)23-17-4-5-17/h6-12,17H,4-5H2,1-3H3,(H2,23,24,25,26). The lowest BCUT2D eigenvalue weighted by Crippen LogP contribution is -2.08. The molecule has 0 aliphatic heterocycles. The van der Waals surface area contributed by atoms with E-state index in [1.165, 1.54) is 29.5 Å². The lowest BCUT2D eigenvalue weighted by Gasteiger charge is -2.15. The maximum absolute atomic E-state index is 4.69. The number of anilines is 3. The highest BCUT2D eigenvalue weighted by Crippen LogP contribution is 2.29. The van der Waals surface area contributed by atoms with E-state index in [4.69, 9.17) is 9.97 Å². The third kappa shape index (κ3) is 3.67. The Kier molecular flexibility index (Phi) is 4.29. The maximum atomic E-state index is 4.69. The molecule has 5 nitrogen and oxygen atoms in total. The molecule has 4 rings (SSSR count). The fourth-order valence-corrected chi connectivity index (χ4v) is 3.16. The van der Waals surface area contributed by atoms with Crippen molar-refractivity contribution in [2.75, 3.05) is 10.6 Å². The Morgan fingerprint density at radius 2 is 1.62 bits per heavy atom. The van der Waals surface area contributed by atoms with Gasteiger partial charge in [-0.05, 0) is 56.9 Å². The van der Waals surface area contributed by atoms with E-state index in [0.717, 1.165) is 22.8 Å². The second-order valence-electron chi connectivity index (χ2n) is 7.02. The van der Waals surface area contributed by atoms with Gasteiger partial charge in [-0.15, -0.1) is 0 Å². The Balaban J connectivity index is 1.73. The van der Waals surface area contributed by atoms with Gasteiger partial charge >= 0.3 is 0 Å². The van der Waals surface area contributed by atoms with Gasteiger partial charge < -0.3 is 10.6 Å². The second-order valence-corrected chi connectivity index (χ2v) is 7.02. The van der Waals surface area contributed by atoms with Crippen LogP contribution >= 0.6 is 0 Å². The van der Waals surface area contributed by atoms with Crippen molar-refractivity contribution in [2.24, 2.45) is 0 Å². The minimum atomic E-state index is 0.499. The molecule has 0 atom stereocenters. The lowest BCUT2D eigenvalue weighted by atomic mass is 10.1. The Bertz CT molecular complexity index is 909. The fraction of sp³-hybridized carbons (Fsp3) is 0.286. The van der Waals surface area contributed by atoms with Crippen molar-refractivity contribution in [3.63, 3.8) is 0 Å². The maximum Gasteiger partial charge on any atom is 0.225 e. The first-order valence-corrected chi connectivity index (χ1v) is 8.99. The van der Waals surface area contributed by atoms with Gasteiger partial charge in [0, 0.05) is 35.8 Å². The molecule has 0 saturated heterocycles. The first kappa shape index (κ1) is 16.5. The number of pyridine rings is 1. The Labute approximate surface area is 153 Å². The highest BCUT2D eigenvalue weighted by molar-refractivity contribution is 5.70. The summed E-state index contributed by atoms with van der Waals surface area (Å²) >= 11 is 0. The van der Waals surface area contributed by atoms with Crippen LogP contribution in [0.25, 0.3) is 11.3 Å². The van der Waals surface area contributed by atoms with E-state index in [1.54, 1.807) is 12.4 Å². The SMILES string of the molecule is Cc1cc(C)c(Nc2cc(-c3ccncc3)nc(NC3CC3)n2)c(C)c1. The summed E-state index contributed by atoms with van der Waals surface area (Å²) in [5.41, 5.74) is 6.71. The zero-order chi connectivity index (χ0) is 18.1. The van der Waals surface area contributed by atoms with Gasteiger partial charge in [-0.3, -0.25) is 4.98 Å². The van der Waals surface area contributed by atoms with Gasteiger partial charge in [0.25, 0.3) is 0 Å². The first-order chi connectivity index (χ1) is 12.6. The highest BCUT2D eigenvalue weighted by Gasteiger charge is 2.22. The Morgan fingerprint density at radius 1 is 0.923 bits per heavy atom. The summed E-state index contributed by atoms with van der Waals surface area (Å²) in [7, 11) is 0. The van der Waals surface area contributed by atoms with Crippen LogP contribution in [0.1, 0.15) is 29.5 Å². The number of aryl methyl sites for hydroxylation is 3. The molecule has 1 aliphatic carbocycles. The van der Waals surface area contributed by atoms with E-state index in [2.05, 4.69) is 48.5 Å². The van der Waals surface area contributed by atoms with Crippen LogP contribution in [0, 0.1) is 20.8 Å². The number of aromatic nitrogens is 3. The van der Waals surface area contributed by atoms with Gasteiger partial charge in [0.05, 0.1) is 5.69 Å². The highest BCUT2D eigenvalue weighted by atomic mass is 15.2. The van der Waals surface area contributed by atoms with Crippen LogP contribution in [0.5, 0.6) is 0 Å². The van der Waals surface area contributed by atoms with E-state index in [0.29, 0.717) is 12.0 Å². The van der Waals surface area contributed by atoms with Crippen molar-refractivity contribution in [3.05, 3.63) is 59.4 Å². The van der Waals surface area contributed by atoms with E-state index in [1.807, 2.05) is 18.2 Å². The molecule has 132 valence electrons. The van der Waals surface area contributed by atoms with Gasteiger partial charge in [-0.25, -0.2) is 4.98 Å². The quantitative estimate of drug-likeness (QED) is 0.696. The number of nitrogens with one attached hydrogen (secondary N) is 2. The van der Waals surface area contributed by atoms with Gasteiger partial charge in [0.2, 0.25) is 5.95 Å². The van der Waals surface area contributed by atoms with E-state index in [9.17, 15) is 0 Å². The molecular weight excluding hydrogens is 322 g/mol. The lowest BCUT2D eigenvalue weighted by molar-refractivity contribution is 1.06. The summed E-state index contributed by atoms with van der Waals surface area (Å²) in [6.45, 7) is 6.36. The minimum absolute atomic E-state index is 0.499. The molecule has 0 spiro atoms. The molecule has 0 radical (unpaired) electrons. The van der Waals surface area contributed by atoms with E-state index >= 15 is 0 Å². The molecule has 0 amide bonds. The molecule has 1 fully saturated rings. The summed E-state index contributed by atoms with van der Waals surface area (Å²) in [5.74, 6) is 1.47. The molecule has 2 N–H and O–H groups in total. The van der Waals surface area contributed by atoms with Crippen LogP contribution in [-0.2, 0) is 0 Å². The third-order valence-corrected chi connectivity index (χ3v) is 4.54. The molecule has 1 aromatic carbocycles. The van der Waals surface area contributed by atoms with Crippen LogP contribution in [0.15, 0.2) is 42.7 Å². The number of hydrogen-bond acceptors (Lipinski definition) is 5. The average molecular weight is 345 g/mol. The van der Waals surface area contributed by atoms with Crippen molar-refractivity contribution in [1.29, 1.82) is 0 Å². The van der Waals surface area contributed by atoms with Crippen LogP contribution in [0.3, 0.4) is 0 Å². The van der Waals surface area contributed by atoms with Crippen molar-refractivity contribution in [2.45, 2.75) is 39.7 Å². The zero-order valence-electron chi connectivity index (χ0n) is 15.4. The predicted molar refractivity (Wildman–Crippen MR) is 106 cm³/mol. The Hall–Kier alpha value is -2.95. The van der Waals surface area contributed by atoms with Crippen molar-refractivity contribution in [3.8, 4) is 11.3 Å². The summed E-state index contributed by atoms with van der Waals surface area (Å²) in [6.07, 6.45) is 5.93. The summed E-state index contributed by atoms with van der Waals surface area (Å²) < 4.78 is 0. The molecule has 5 heteroatoms. The van der Waals surface area contributed by atoms with Crippen molar-refractivity contribution < 1.29 is 0 Å². The third-order valence-electron chi connectivity index (χ3n) is 4.54. The van der Waals surface area contributed by atoms with Gasteiger partial charge in [0.1, 0.15) is 5.82 Å². The molecule has 2 aromatic heterocycles. The van der Waals surface area contributed by atoms with E-state index < -0.39 is 0 Å². The van der Waals surface area contributed by atoms with E-state index in [-0.39, 0.29) is 0 Å². The number of nitrogens with zero attached hydrogens (tertiary/aromatic N) is 3. The number of benzene rings is 1. The van der Waals surface area contributed by atoms with Crippen LogP contribution in [-0.4, -0.2) is 21.0 Å². The summed E-state index contributed by atoms with van der Waals surface area (Å²) in [5, 5.41) is 6.92. The smallest absolute Gasteiger partial charge is 0.225 e. The fourth-order valence-electron chi connectivity index (χ4n) is 3.16. The molecular formula is C21H23N5. The second kappa shape index (κ2) is 6.75. The van der Waals surface area contributed by atoms with Crippen molar-refractivity contribution >= 4 is 17.5 Å². The molecule has 1 saturated carbocycles. The number of hydrogen-bond donors (Lipinski definition) is 2. The summed E-state index contributed by atoms with van der Waals surface area (Å²) in [4.78, 5) is 13.5. The number of rotatable bonds is 5. The van der Waals surface area contributed by atoms with Gasteiger partial charge in [-0.1, -0.05) is 17.7 Å². The monoisotopic (exact) mass is 345 g/mol. The van der Waals surface area contributed by atoms with Gasteiger partial charge in [0.15, 0.2) is 0 Å². The van der Waals surface area contributed by atoms with Crippen LogP contribution in [0.4, 0.5) is 17.5 Å². The molecule has 0 bridgehead atoms.